The van der Waals surface area contributed by atoms with Crippen LogP contribution in [0, 0.1) is 40.4 Å². The molecule has 3 aromatic carbocycles. The van der Waals surface area contributed by atoms with Crippen molar-refractivity contribution in [3.8, 4) is 5.69 Å². The van der Waals surface area contributed by atoms with Crippen LogP contribution in [0.25, 0.3) is 5.69 Å². The molecule has 39 heavy (non-hydrogen) atoms. The summed E-state index contributed by atoms with van der Waals surface area (Å²) in [5.74, 6) is -0.956. The zero-order chi connectivity index (χ0) is 28.3. The van der Waals surface area contributed by atoms with E-state index in [0.717, 1.165) is 32.4 Å². The SMILES string of the molecule is Cc1ccc(S(=O)(=O)N(CC(=O)N/N=C\c2cc(C)n(-c3ccccc3F)c2C)c2ccc(C)cc2C)cc1. The van der Waals surface area contributed by atoms with Crippen molar-refractivity contribution in [2.24, 2.45) is 5.10 Å². The van der Waals surface area contributed by atoms with Crippen LogP contribution in [-0.4, -0.2) is 31.7 Å². The number of aryl methyl sites for hydroxylation is 4. The highest BCUT2D eigenvalue weighted by molar-refractivity contribution is 7.92. The van der Waals surface area contributed by atoms with Gasteiger partial charge in [0, 0.05) is 17.0 Å². The number of anilines is 1. The lowest BCUT2D eigenvalue weighted by Crippen LogP contribution is -2.40. The molecule has 0 aliphatic heterocycles. The average Bonchev–Trinajstić information content (AvgIpc) is 3.16. The van der Waals surface area contributed by atoms with Crippen LogP contribution in [0.2, 0.25) is 0 Å². The van der Waals surface area contributed by atoms with Crippen molar-refractivity contribution in [1.29, 1.82) is 0 Å². The maximum absolute atomic E-state index is 14.4. The maximum atomic E-state index is 14.4. The summed E-state index contributed by atoms with van der Waals surface area (Å²) in [4.78, 5) is 13.1. The van der Waals surface area contributed by atoms with Gasteiger partial charge in [-0.05, 0) is 76.6 Å². The molecular weight excluding hydrogens is 515 g/mol. The van der Waals surface area contributed by atoms with Gasteiger partial charge in [-0.2, -0.15) is 5.10 Å². The van der Waals surface area contributed by atoms with E-state index in [9.17, 15) is 17.6 Å². The van der Waals surface area contributed by atoms with Gasteiger partial charge in [0.2, 0.25) is 0 Å². The Morgan fingerprint density at radius 2 is 1.62 bits per heavy atom. The first-order chi connectivity index (χ1) is 18.5. The fraction of sp³-hybridized carbons (Fsp3) is 0.200. The molecule has 0 aliphatic rings. The number of hydrogen-bond acceptors (Lipinski definition) is 4. The van der Waals surface area contributed by atoms with Crippen molar-refractivity contribution in [1.82, 2.24) is 9.99 Å². The fourth-order valence-electron chi connectivity index (χ4n) is 4.48. The molecule has 0 unspecified atom stereocenters. The molecule has 0 saturated heterocycles. The predicted octanol–water partition coefficient (Wildman–Crippen LogP) is 5.50. The van der Waals surface area contributed by atoms with Crippen LogP contribution in [0.4, 0.5) is 10.1 Å². The summed E-state index contributed by atoms with van der Waals surface area (Å²) in [5.41, 5.74) is 8.13. The monoisotopic (exact) mass is 546 g/mol. The second-order valence-electron chi connectivity index (χ2n) is 9.52. The lowest BCUT2D eigenvalue weighted by Gasteiger charge is -2.25. The number of nitrogens with one attached hydrogen (secondary N) is 1. The van der Waals surface area contributed by atoms with Gasteiger partial charge in [0.05, 0.1) is 22.5 Å². The second kappa shape index (κ2) is 11.2. The molecule has 0 fully saturated rings. The Morgan fingerprint density at radius 3 is 2.28 bits per heavy atom. The highest BCUT2D eigenvalue weighted by atomic mass is 32.2. The fourth-order valence-corrected chi connectivity index (χ4v) is 5.97. The lowest BCUT2D eigenvalue weighted by molar-refractivity contribution is -0.119. The molecule has 7 nitrogen and oxygen atoms in total. The number of carbonyl (C=O) groups is 1. The molecule has 202 valence electrons. The third-order valence-electron chi connectivity index (χ3n) is 6.47. The predicted molar refractivity (Wildman–Crippen MR) is 153 cm³/mol. The van der Waals surface area contributed by atoms with E-state index in [1.807, 2.05) is 39.8 Å². The minimum atomic E-state index is -4.04. The summed E-state index contributed by atoms with van der Waals surface area (Å²) >= 11 is 0. The Balaban J connectivity index is 1.59. The average molecular weight is 547 g/mol. The van der Waals surface area contributed by atoms with Crippen molar-refractivity contribution in [3.05, 3.63) is 112 Å². The number of sulfonamides is 1. The van der Waals surface area contributed by atoms with Gasteiger partial charge < -0.3 is 4.57 Å². The molecule has 0 saturated carbocycles. The summed E-state index contributed by atoms with van der Waals surface area (Å²) in [6, 6.07) is 20.2. The van der Waals surface area contributed by atoms with E-state index in [2.05, 4.69) is 10.5 Å². The first-order valence-electron chi connectivity index (χ1n) is 12.4. The van der Waals surface area contributed by atoms with Crippen LogP contribution >= 0.6 is 0 Å². The number of hydrogen-bond donors (Lipinski definition) is 1. The molecule has 4 aromatic rings. The Hall–Kier alpha value is -4.24. The van der Waals surface area contributed by atoms with Crippen molar-refractivity contribution < 1.29 is 17.6 Å². The van der Waals surface area contributed by atoms with Crippen molar-refractivity contribution in [3.63, 3.8) is 0 Å². The lowest BCUT2D eigenvalue weighted by atomic mass is 10.1. The minimum Gasteiger partial charge on any atom is -0.315 e. The third kappa shape index (κ3) is 5.93. The van der Waals surface area contributed by atoms with Gasteiger partial charge in [-0.25, -0.2) is 18.2 Å². The zero-order valence-electron chi connectivity index (χ0n) is 22.6. The second-order valence-corrected chi connectivity index (χ2v) is 11.4. The number of rotatable bonds is 8. The normalized spacial score (nSPS) is 11.6. The van der Waals surface area contributed by atoms with Gasteiger partial charge in [-0.15, -0.1) is 0 Å². The molecule has 1 aromatic heterocycles. The van der Waals surface area contributed by atoms with Crippen LogP contribution in [0.5, 0.6) is 0 Å². The summed E-state index contributed by atoms with van der Waals surface area (Å²) in [6.45, 7) is 8.82. The molecule has 4 rings (SSSR count). The molecule has 0 aliphatic carbocycles. The van der Waals surface area contributed by atoms with Crippen molar-refractivity contribution >= 4 is 27.8 Å². The Morgan fingerprint density at radius 1 is 0.949 bits per heavy atom. The number of halogens is 1. The Kier molecular flexibility index (Phi) is 8.01. The molecule has 1 amide bonds. The number of aromatic nitrogens is 1. The van der Waals surface area contributed by atoms with Crippen LogP contribution < -0.4 is 9.73 Å². The highest BCUT2D eigenvalue weighted by Gasteiger charge is 2.28. The standard InChI is InChI=1S/C30H31FN4O3S/c1-20-10-13-26(14-11-20)39(37,38)34(28-15-12-21(2)16-22(28)3)19-30(36)33-32-18-25-17-23(4)35(24(25)5)29-9-7-6-8-27(29)31/h6-18H,19H2,1-5H3,(H,33,36)/b32-18-. The molecule has 0 bridgehead atoms. The molecule has 0 radical (unpaired) electrons. The molecule has 1 heterocycles. The third-order valence-corrected chi connectivity index (χ3v) is 8.25. The number of benzene rings is 3. The zero-order valence-corrected chi connectivity index (χ0v) is 23.4. The Bertz CT molecular complexity index is 1660. The van der Waals surface area contributed by atoms with Crippen LogP contribution in [-0.2, 0) is 14.8 Å². The summed E-state index contributed by atoms with van der Waals surface area (Å²) < 4.78 is 44.5. The molecule has 9 heteroatoms. The summed E-state index contributed by atoms with van der Waals surface area (Å²) in [5, 5.41) is 4.07. The van der Waals surface area contributed by atoms with Crippen LogP contribution in [0.1, 0.15) is 33.6 Å². The van der Waals surface area contributed by atoms with Gasteiger partial charge in [0.15, 0.2) is 0 Å². The maximum Gasteiger partial charge on any atom is 0.264 e. The smallest absolute Gasteiger partial charge is 0.264 e. The van der Waals surface area contributed by atoms with E-state index in [4.69, 9.17) is 0 Å². The summed E-state index contributed by atoms with van der Waals surface area (Å²) in [7, 11) is -4.04. The van der Waals surface area contributed by atoms with Gasteiger partial charge in [0.1, 0.15) is 12.4 Å². The quantitative estimate of drug-likeness (QED) is 0.234. The van der Waals surface area contributed by atoms with E-state index >= 15 is 0 Å². The van der Waals surface area contributed by atoms with E-state index in [1.54, 1.807) is 54.0 Å². The minimum absolute atomic E-state index is 0.0879. The van der Waals surface area contributed by atoms with Crippen molar-refractivity contribution in [2.75, 3.05) is 10.8 Å². The number of hydrazone groups is 1. The number of para-hydroxylation sites is 1. The Labute approximate surface area is 228 Å². The largest absolute Gasteiger partial charge is 0.315 e. The van der Waals surface area contributed by atoms with E-state index in [1.165, 1.54) is 24.4 Å². The number of carbonyl (C=O) groups excluding carboxylic acids is 1. The van der Waals surface area contributed by atoms with Gasteiger partial charge in [-0.1, -0.05) is 47.5 Å². The van der Waals surface area contributed by atoms with E-state index in [0.29, 0.717) is 16.9 Å². The van der Waals surface area contributed by atoms with Gasteiger partial charge in [-0.3, -0.25) is 9.10 Å². The van der Waals surface area contributed by atoms with E-state index in [-0.39, 0.29) is 10.7 Å². The van der Waals surface area contributed by atoms with Gasteiger partial charge in [0.25, 0.3) is 15.9 Å². The number of amides is 1. The van der Waals surface area contributed by atoms with E-state index < -0.39 is 22.5 Å². The molecular formula is C30H31FN4O3S. The van der Waals surface area contributed by atoms with Crippen LogP contribution in [0.3, 0.4) is 0 Å². The van der Waals surface area contributed by atoms with Crippen molar-refractivity contribution in [2.45, 2.75) is 39.5 Å². The molecule has 0 spiro atoms. The summed E-state index contributed by atoms with van der Waals surface area (Å²) in [6.07, 6.45) is 1.47. The first kappa shape index (κ1) is 27.8. The first-order valence-corrected chi connectivity index (χ1v) is 13.9. The van der Waals surface area contributed by atoms with Gasteiger partial charge >= 0.3 is 0 Å². The topological polar surface area (TPSA) is 83.8 Å². The molecule has 0 atom stereocenters. The highest BCUT2D eigenvalue weighted by Crippen LogP contribution is 2.28. The molecule has 1 N–H and O–H groups in total. The van der Waals surface area contributed by atoms with Crippen LogP contribution in [0.15, 0.2) is 82.8 Å². The number of nitrogens with zero attached hydrogens (tertiary/aromatic N) is 3.